The first kappa shape index (κ1) is 18.6. The molecule has 1 unspecified atom stereocenters. The molecule has 2 aliphatic rings. The lowest BCUT2D eigenvalue weighted by atomic mass is 9.84. The number of aryl methyl sites for hydroxylation is 1. The van der Waals surface area contributed by atoms with Crippen LogP contribution in [0.1, 0.15) is 36.4 Å². The molecule has 1 aliphatic carbocycles. The van der Waals surface area contributed by atoms with Crippen LogP contribution < -0.4 is 5.73 Å². The predicted octanol–water partition coefficient (Wildman–Crippen LogP) is 2.79. The molecule has 0 radical (unpaired) electrons. The molecule has 1 atom stereocenters. The summed E-state index contributed by atoms with van der Waals surface area (Å²) in [5.41, 5.74) is 10.4. The van der Waals surface area contributed by atoms with Crippen LogP contribution in [0.15, 0.2) is 24.3 Å². The Morgan fingerprint density at radius 1 is 1.22 bits per heavy atom. The van der Waals surface area contributed by atoms with Crippen molar-refractivity contribution < 1.29 is 9.13 Å². The van der Waals surface area contributed by atoms with Crippen LogP contribution in [-0.4, -0.2) is 54.1 Å². The zero-order chi connectivity index (χ0) is 18.6. The van der Waals surface area contributed by atoms with E-state index in [1.165, 1.54) is 17.3 Å². The highest BCUT2D eigenvalue weighted by Gasteiger charge is 2.28. The minimum Gasteiger partial charge on any atom is -0.379 e. The normalized spacial score (nSPS) is 20.6. The summed E-state index contributed by atoms with van der Waals surface area (Å²) in [5, 5.41) is 4.94. The number of benzene rings is 1. The number of hydrogen-bond acceptors (Lipinski definition) is 4. The smallest absolute Gasteiger partial charge is 0.123 e. The molecule has 1 saturated heterocycles. The molecule has 2 N–H and O–H groups in total. The van der Waals surface area contributed by atoms with Crippen LogP contribution in [0.3, 0.4) is 0 Å². The van der Waals surface area contributed by atoms with Crippen molar-refractivity contribution in [3.8, 4) is 11.3 Å². The van der Waals surface area contributed by atoms with Crippen molar-refractivity contribution in [1.82, 2.24) is 14.7 Å². The van der Waals surface area contributed by atoms with Crippen LogP contribution in [0.2, 0.25) is 0 Å². The van der Waals surface area contributed by atoms with Gasteiger partial charge in [-0.1, -0.05) is 12.1 Å². The van der Waals surface area contributed by atoms with Gasteiger partial charge in [-0.2, -0.15) is 5.10 Å². The molecule has 2 heterocycles. The highest BCUT2D eigenvalue weighted by molar-refractivity contribution is 5.65. The van der Waals surface area contributed by atoms with E-state index in [2.05, 4.69) is 9.58 Å². The van der Waals surface area contributed by atoms with E-state index in [4.69, 9.17) is 15.6 Å². The van der Waals surface area contributed by atoms with Crippen molar-refractivity contribution >= 4 is 0 Å². The molecule has 2 aromatic rings. The number of hydrogen-bond donors (Lipinski definition) is 1. The quantitative estimate of drug-likeness (QED) is 0.847. The maximum absolute atomic E-state index is 13.8. The van der Waals surface area contributed by atoms with Crippen molar-refractivity contribution in [2.75, 3.05) is 39.4 Å². The zero-order valence-corrected chi connectivity index (χ0v) is 15.9. The molecule has 146 valence electrons. The standard InChI is InChI=1S/C21H29FN4O/c22-18-6-1-4-16(14-18)21-20-17(15-23)5-2-7-19(20)26(24-21)9-3-8-25-10-12-27-13-11-25/h1,4,6,14,17H,2-3,5,7-13,15,23H2. The van der Waals surface area contributed by atoms with Crippen molar-refractivity contribution in [2.45, 2.75) is 38.1 Å². The zero-order valence-electron chi connectivity index (χ0n) is 15.9. The van der Waals surface area contributed by atoms with Crippen LogP contribution in [-0.2, 0) is 17.7 Å². The second kappa shape index (κ2) is 8.50. The van der Waals surface area contributed by atoms with Gasteiger partial charge < -0.3 is 10.5 Å². The molecule has 0 saturated carbocycles. The van der Waals surface area contributed by atoms with Crippen LogP contribution in [0.4, 0.5) is 4.39 Å². The van der Waals surface area contributed by atoms with Crippen molar-refractivity contribution in [3.63, 3.8) is 0 Å². The molecule has 27 heavy (non-hydrogen) atoms. The van der Waals surface area contributed by atoms with Gasteiger partial charge in [0.15, 0.2) is 0 Å². The van der Waals surface area contributed by atoms with Crippen molar-refractivity contribution in [1.29, 1.82) is 0 Å². The van der Waals surface area contributed by atoms with Gasteiger partial charge in [0.25, 0.3) is 0 Å². The van der Waals surface area contributed by atoms with E-state index >= 15 is 0 Å². The lowest BCUT2D eigenvalue weighted by Gasteiger charge is -2.26. The first-order valence-corrected chi connectivity index (χ1v) is 10.1. The Morgan fingerprint density at radius 3 is 2.85 bits per heavy atom. The van der Waals surface area contributed by atoms with Gasteiger partial charge in [-0.3, -0.25) is 9.58 Å². The van der Waals surface area contributed by atoms with Gasteiger partial charge >= 0.3 is 0 Å². The number of morpholine rings is 1. The van der Waals surface area contributed by atoms with E-state index in [0.717, 1.165) is 76.3 Å². The maximum Gasteiger partial charge on any atom is 0.123 e. The first-order valence-electron chi connectivity index (χ1n) is 10.1. The van der Waals surface area contributed by atoms with E-state index in [-0.39, 0.29) is 5.82 Å². The van der Waals surface area contributed by atoms with Gasteiger partial charge in [-0.05, 0) is 44.4 Å². The summed E-state index contributed by atoms with van der Waals surface area (Å²) in [6, 6.07) is 6.78. The Kier molecular flexibility index (Phi) is 5.86. The van der Waals surface area contributed by atoms with Crippen LogP contribution in [0.5, 0.6) is 0 Å². The van der Waals surface area contributed by atoms with Gasteiger partial charge in [-0.25, -0.2) is 4.39 Å². The molecular formula is C21H29FN4O. The number of ether oxygens (including phenoxy) is 1. The van der Waals surface area contributed by atoms with Gasteiger partial charge in [0.1, 0.15) is 5.82 Å². The second-order valence-corrected chi connectivity index (χ2v) is 7.57. The lowest BCUT2D eigenvalue weighted by molar-refractivity contribution is 0.0368. The van der Waals surface area contributed by atoms with Crippen molar-refractivity contribution in [3.05, 3.63) is 41.3 Å². The minimum atomic E-state index is -0.219. The molecule has 0 bridgehead atoms. The van der Waals surface area contributed by atoms with Gasteiger partial charge in [0.05, 0.1) is 18.9 Å². The number of fused-ring (bicyclic) bond motifs is 1. The fourth-order valence-electron chi connectivity index (χ4n) is 4.40. The van der Waals surface area contributed by atoms with E-state index in [9.17, 15) is 4.39 Å². The Hall–Kier alpha value is -1.76. The lowest BCUT2D eigenvalue weighted by Crippen LogP contribution is -2.37. The summed E-state index contributed by atoms with van der Waals surface area (Å²) >= 11 is 0. The Balaban J connectivity index is 1.58. The minimum absolute atomic E-state index is 0.219. The van der Waals surface area contributed by atoms with E-state index in [0.29, 0.717) is 12.5 Å². The number of rotatable bonds is 6. The molecule has 1 fully saturated rings. The number of nitrogens with zero attached hydrogens (tertiary/aromatic N) is 3. The predicted molar refractivity (Wildman–Crippen MR) is 104 cm³/mol. The highest BCUT2D eigenvalue weighted by atomic mass is 19.1. The largest absolute Gasteiger partial charge is 0.379 e. The van der Waals surface area contributed by atoms with E-state index in [1.807, 2.05) is 6.07 Å². The summed E-state index contributed by atoms with van der Waals surface area (Å²) in [5.74, 6) is 0.100. The summed E-state index contributed by atoms with van der Waals surface area (Å²) in [6.07, 6.45) is 4.33. The molecular weight excluding hydrogens is 343 g/mol. The summed E-state index contributed by atoms with van der Waals surface area (Å²) in [6.45, 7) is 6.27. The Labute approximate surface area is 160 Å². The third-order valence-electron chi connectivity index (χ3n) is 5.80. The third kappa shape index (κ3) is 4.08. The van der Waals surface area contributed by atoms with E-state index < -0.39 is 0 Å². The summed E-state index contributed by atoms with van der Waals surface area (Å²) < 4.78 is 21.4. The third-order valence-corrected chi connectivity index (χ3v) is 5.80. The first-order chi connectivity index (χ1) is 13.3. The molecule has 1 aliphatic heterocycles. The molecule has 0 amide bonds. The molecule has 0 spiro atoms. The molecule has 1 aromatic carbocycles. The fraction of sp³-hybridized carbons (Fsp3) is 0.571. The molecule has 5 nitrogen and oxygen atoms in total. The van der Waals surface area contributed by atoms with Gasteiger partial charge in [0.2, 0.25) is 0 Å². The van der Waals surface area contributed by atoms with Crippen molar-refractivity contribution in [2.24, 2.45) is 5.73 Å². The topological polar surface area (TPSA) is 56.3 Å². The molecule has 4 rings (SSSR count). The highest BCUT2D eigenvalue weighted by Crippen LogP contribution is 2.38. The van der Waals surface area contributed by atoms with Gasteiger partial charge in [0, 0.05) is 48.9 Å². The number of halogens is 1. The fourth-order valence-corrected chi connectivity index (χ4v) is 4.40. The average Bonchev–Trinajstić information content (AvgIpc) is 3.08. The summed E-state index contributed by atoms with van der Waals surface area (Å²) in [4.78, 5) is 2.45. The Bertz CT molecular complexity index is 770. The average molecular weight is 372 g/mol. The van der Waals surface area contributed by atoms with E-state index in [1.54, 1.807) is 12.1 Å². The van der Waals surface area contributed by atoms with Crippen LogP contribution in [0.25, 0.3) is 11.3 Å². The monoisotopic (exact) mass is 372 g/mol. The number of aromatic nitrogens is 2. The molecule has 1 aromatic heterocycles. The maximum atomic E-state index is 13.8. The summed E-state index contributed by atoms with van der Waals surface area (Å²) in [7, 11) is 0. The van der Waals surface area contributed by atoms with Gasteiger partial charge in [-0.15, -0.1) is 0 Å². The Morgan fingerprint density at radius 2 is 2.07 bits per heavy atom. The van der Waals surface area contributed by atoms with Crippen LogP contribution >= 0.6 is 0 Å². The molecule has 6 heteroatoms. The SMILES string of the molecule is NCC1CCCc2c1c(-c1cccc(F)c1)nn2CCCN1CCOCC1. The second-order valence-electron chi connectivity index (χ2n) is 7.57. The van der Waals surface area contributed by atoms with Crippen LogP contribution in [0, 0.1) is 5.82 Å². The number of nitrogens with two attached hydrogens (primary N) is 1.